The lowest BCUT2D eigenvalue weighted by Crippen LogP contribution is -2.45. The summed E-state index contributed by atoms with van der Waals surface area (Å²) < 4.78 is 24.8. The lowest BCUT2D eigenvalue weighted by molar-refractivity contribution is -0.200. The molecular weight excluding hydrogens is 322 g/mol. The van der Waals surface area contributed by atoms with Crippen molar-refractivity contribution in [3.63, 3.8) is 0 Å². The monoisotopic (exact) mass is 347 g/mol. The fourth-order valence-corrected chi connectivity index (χ4v) is 4.53. The van der Waals surface area contributed by atoms with Crippen LogP contribution in [0.3, 0.4) is 0 Å². The Bertz CT molecular complexity index is 591. The molecule has 2 saturated heterocycles. The fourth-order valence-electron chi connectivity index (χ4n) is 3.35. The number of nitrogens with two attached hydrogens (primary N) is 1. The van der Waals surface area contributed by atoms with E-state index in [2.05, 4.69) is 0 Å². The average molecular weight is 347 g/mol. The molecule has 0 aliphatic carbocycles. The van der Waals surface area contributed by atoms with E-state index in [0.717, 1.165) is 10.6 Å². The van der Waals surface area contributed by atoms with Crippen molar-refractivity contribution in [1.29, 1.82) is 0 Å². The van der Waals surface area contributed by atoms with Gasteiger partial charge in [0, 0.05) is 6.54 Å². The summed E-state index contributed by atoms with van der Waals surface area (Å²) in [5.41, 5.74) is 5.79. The van der Waals surface area contributed by atoms with E-state index in [-0.39, 0.29) is 5.92 Å². The highest BCUT2D eigenvalue weighted by atomic mass is 32.2. The molecule has 8 nitrogen and oxygen atoms in total. The summed E-state index contributed by atoms with van der Waals surface area (Å²) in [6.45, 7) is 5.85. The summed E-state index contributed by atoms with van der Waals surface area (Å²) in [4.78, 5) is 29.9. The number of hydrogen-bond donors (Lipinski definition) is 1. The Balaban J connectivity index is 2.22. The van der Waals surface area contributed by atoms with E-state index in [1.807, 2.05) is 20.8 Å². The minimum absolute atomic E-state index is 0.0689. The molecule has 0 radical (unpaired) electrons. The summed E-state index contributed by atoms with van der Waals surface area (Å²) in [6.07, 6.45) is 1.96. The predicted octanol–water partition coefficient (Wildman–Crippen LogP) is -0.301. The topological polar surface area (TPSA) is 110 Å². The van der Waals surface area contributed by atoms with Crippen molar-refractivity contribution in [3.05, 3.63) is 0 Å². The number of nitrogens with zero attached hydrogens (tertiary/aromatic N) is 2. The molecule has 4 atom stereocenters. The molecule has 2 aliphatic rings. The van der Waals surface area contributed by atoms with Crippen LogP contribution in [-0.4, -0.2) is 60.6 Å². The Labute approximate surface area is 136 Å². The third-order valence-corrected chi connectivity index (χ3v) is 5.78. The number of carbonyl (C=O) groups excluding carboxylic acids is 2. The Morgan fingerprint density at radius 1 is 1.43 bits per heavy atom. The van der Waals surface area contributed by atoms with Crippen molar-refractivity contribution >= 4 is 21.9 Å². The highest BCUT2D eigenvalue weighted by Crippen LogP contribution is 2.39. The molecule has 23 heavy (non-hydrogen) atoms. The van der Waals surface area contributed by atoms with Crippen molar-refractivity contribution in [2.45, 2.75) is 51.7 Å². The average Bonchev–Trinajstić information content (AvgIpc) is 2.94. The lowest BCUT2D eigenvalue weighted by atomic mass is 9.97. The minimum Gasteiger partial charge on any atom is -0.366 e. The van der Waals surface area contributed by atoms with Gasteiger partial charge in [0.15, 0.2) is 0 Å². The van der Waals surface area contributed by atoms with Crippen LogP contribution in [0.4, 0.5) is 0 Å². The number of carbonyl (C=O) groups is 2. The number of hydrogen-bond acceptors (Lipinski definition) is 7. The van der Waals surface area contributed by atoms with Crippen LogP contribution in [-0.2, 0) is 24.4 Å². The molecule has 1 unspecified atom stereocenters. The van der Waals surface area contributed by atoms with Crippen LogP contribution in [0, 0.1) is 11.8 Å². The Kier molecular flexibility index (Phi) is 5.03. The maximum atomic E-state index is 12.4. The first-order chi connectivity index (χ1) is 10.6. The summed E-state index contributed by atoms with van der Waals surface area (Å²) in [5, 5.41) is 1.45. The molecule has 2 fully saturated rings. The van der Waals surface area contributed by atoms with E-state index in [4.69, 9.17) is 10.6 Å². The second-order valence-electron chi connectivity index (χ2n) is 6.58. The van der Waals surface area contributed by atoms with E-state index in [0.29, 0.717) is 19.4 Å². The molecule has 1 amide bonds. The van der Waals surface area contributed by atoms with Gasteiger partial charge >= 0.3 is 5.97 Å². The van der Waals surface area contributed by atoms with Crippen molar-refractivity contribution in [3.8, 4) is 0 Å². The first-order valence-electron chi connectivity index (χ1n) is 7.86. The van der Waals surface area contributed by atoms with Gasteiger partial charge in [-0.15, -0.1) is 5.06 Å². The first kappa shape index (κ1) is 18.2. The van der Waals surface area contributed by atoms with Crippen LogP contribution >= 0.6 is 0 Å². The second kappa shape index (κ2) is 6.37. The van der Waals surface area contributed by atoms with Crippen LogP contribution in [0.2, 0.25) is 0 Å². The Hall–Kier alpha value is -1.19. The molecular formula is C14H25N3O5S. The van der Waals surface area contributed by atoms with Gasteiger partial charge < -0.3 is 10.6 Å². The molecule has 2 aliphatic heterocycles. The molecule has 2 N–H and O–H groups in total. The van der Waals surface area contributed by atoms with Crippen LogP contribution < -0.4 is 5.73 Å². The molecule has 0 saturated carbocycles. The first-order valence-corrected chi connectivity index (χ1v) is 9.71. The second-order valence-corrected chi connectivity index (χ2v) is 8.44. The van der Waals surface area contributed by atoms with Gasteiger partial charge in [-0.3, -0.25) is 4.79 Å². The number of amides is 1. The third kappa shape index (κ3) is 3.22. The van der Waals surface area contributed by atoms with Gasteiger partial charge in [0.1, 0.15) is 6.04 Å². The molecule has 0 bridgehead atoms. The van der Waals surface area contributed by atoms with Crippen molar-refractivity contribution < 1.29 is 22.8 Å². The zero-order chi connectivity index (χ0) is 17.5. The number of hydroxylamine groups is 2. The van der Waals surface area contributed by atoms with Gasteiger partial charge in [-0.25, -0.2) is 17.5 Å². The summed E-state index contributed by atoms with van der Waals surface area (Å²) >= 11 is 0. The molecule has 0 aromatic carbocycles. The van der Waals surface area contributed by atoms with Gasteiger partial charge in [-0.05, 0) is 18.8 Å². The molecule has 132 valence electrons. The summed E-state index contributed by atoms with van der Waals surface area (Å²) in [7, 11) is -3.64. The maximum absolute atomic E-state index is 12.4. The normalized spacial score (nSPS) is 29.9. The number of fused-ring (bicyclic) bond motifs is 1. The standard InChI is InChI=1S/C14H25N3O5S/c1-5-9-12-10(17(13(9)18)23(4,20)21)6-7-16(12)22-14(19)11(15)8(2)3/h8-12H,5-7,15H2,1-4H3/t9?,10-,11-,12+/m0/s1. The fraction of sp³-hybridized carbons (Fsp3) is 0.857. The van der Waals surface area contributed by atoms with Crippen molar-refractivity contribution in [2.75, 3.05) is 12.8 Å². The molecule has 0 spiro atoms. The van der Waals surface area contributed by atoms with Gasteiger partial charge in [0.25, 0.3) is 0 Å². The van der Waals surface area contributed by atoms with Crippen molar-refractivity contribution in [2.24, 2.45) is 17.6 Å². The van der Waals surface area contributed by atoms with Crippen LogP contribution in [0.5, 0.6) is 0 Å². The SMILES string of the molecule is CCC1C(=O)N(S(C)(=O)=O)[C@H]2CCN(OC(=O)[C@@H](N)C(C)C)[C@H]12. The molecule has 2 rings (SSSR count). The third-order valence-electron chi connectivity index (χ3n) is 4.61. The lowest BCUT2D eigenvalue weighted by Gasteiger charge is -2.27. The molecule has 9 heteroatoms. The van der Waals surface area contributed by atoms with E-state index in [1.165, 1.54) is 5.06 Å². The summed E-state index contributed by atoms with van der Waals surface area (Å²) in [6, 6.07) is -1.67. The Morgan fingerprint density at radius 3 is 2.52 bits per heavy atom. The van der Waals surface area contributed by atoms with E-state index < -0.39 is 45.9 Å². The molecule has 0 aromatic rings. The van der Waals surface area contributed by atoms with Crippen molar-refractivity contribution in [1.82, 2.24) is 9.37 Å². The van der Waals surface area contributed by atoms with Gasteiger partial charge in [-0.1, -0.05) is 20.8 Å². The zero-order valence-electron chi connectivity index (χ0n) is 13.9. The molecule has 2 heterocycles. The van der Waals surface area contributed by atoms with Gasteiger partial charge in [0.05, 0.1) is 24.3 Å². The quantitative estimate of drug-likeness (QED) is 0.727. The van der Waals surface area contributed by atoms with E-state index in [1.54, 1.807) is 0 Å². The van der Waals surface area contributed by atoms with E-state index in [9.17, 15) is 18.0 Å². The highest BCUT2D eigenvalue weighted by molar-refractivity contribution is 7.88. The maximum Gasteiger partial charge on any atom is 0.342 e. The number of rotatable bonds is 5. The zero-order valence-corrected chi connectivity index (χ0v) is 14.7. The highest BCUT2D eigenvalue weighted by Gasteiger charge is 2.57. The largest absolute Gasteiger partial charge is 0.366 e. The van der Waals surface area contributed by atoms with Crippen LogP contribution in [0.25, 0.3) is 0 Å². The van der Waals surface area contributed by atoms with E-state index >= 15 is 0 Å². The van der Waals surface area contributed by atoms with Crippen LogP contribution in [0.1, 0.15) is 33.6 Å². The van der Waals surface area contributed by atoms with Gasteiger partial charge in [0.2, 0.25) is 15.9 Å². The van der Waals surface area contributed by atoms with Crippen LogP contribution in [0.15, 0.2) is 0 Å². The molecule has 0 aromatic heterocycles. The number of sulfonamides is 1. The van der Waals surface area contributed by atoms with Gasteiger partial charge in [-0.2, -0.15) is 0 Å². The smallest absolute Gasteiger partial charge is 0.342 e. The Morgan fingerprint density at radius 2 is 2.04 bits per heavy atom. The predicted molar refractivity (Wildman–Crippen MR) is 83.3 cm³/mol. The summed E-state index contributed by atoms with van der Waals surface area (Å²) in [5.74, 6) is -1.54. The minimum atomic E-state index is -3.64.